The summed E-state index contributed by atoms with van der Waals surface area (Å²) in [5.74, 6) is 0.684. The second-order valence-corrected chi connectivity index (χ2v) is 6.01. The molecule has 1 aromatic rings. The standard InChI is InChI=1S/C9H15ClN2O3S/c1-4-8-11-9(16(10,13)14)5-12(8)7(2)6-15-3/h5,7H,4,6H2,1-3H3. The minimum Gasteiger partial charge on any atom is -0.383 e. The highest BCUT2D eigenvalue weighted by Crippen LogP contribution is 2.18. The van der Waals surface area contributed by atoms with Crippen molar-refractivity contribution in [2.45, 2.75) is 31.3 Å². The van der Waals surface area contributed by atoms with Crippen LogP contribution in [0.25, 0.3) is 0 Å². The highest BCUT2D eigenvalue weighted by atomic mass is 35.7. The van der Waals surface area contributed by atoms with E-state index in [0.717, 1.165) is 0 Å². The molecule has 1 unspecified atom stereocenters. The van der Waals surface area contributed by atoms with Crippen LogP contribution in [0.15, 0.2) is 11.2 Å². The monoisotopic (exact) mass is 266 g/mol. The first-order valence-corrected chi connectivity index (χ1v) is 7.22. The molecular formula is C9H15ClN2O3S. The molecule has 0 aliphatic rings. The highest BCUT2D eigenvalue weighted by molar-refractivity contribution is 8.13. The SMILES string of the molecule is CCc1nc(S(=O)(=O)Cl)cn1C(C)COC. The molecule has 0 N–H and O–H groups in total. The molecule has 0 aromatic carbocycles. The number of imidazole rings is 1. The van der Waals surface area contributed by atoms with Crippen molar-refractivity contribution < 1.29 is 13.2 Å². The van der Waals surface area contributed by atoms with Gasteiger partial charge in [0.05, 0.1) is 12.6 Å². The van der Waals surface area contributed by atoms with E-state index in [1.165, 1.54) is 6.20 Å². The highest BCUT2D eigenvalue weighted by Gasteiger charge is 2.19. The molecule has 1 aromatic heterocycles. The van der Waals surface area contributed by atoms with Crippen LogP contribution in [0.1, 0.15) is 25.7 Å². The van der Waals surface area contributed by atoms with Gasteiger partial charge in [0.1, 0.15) is 5.82 Å². The number of halogens is 1. The molecule has 0 bridgehead atoms. The molecule has 1 rings (SSSR count). The maximum atomic E-state index is 11.2. The summed E-state index contributed by atoms with van der Waals surface area (Å²) in [5, 5.41) is -0.103. The predicted molar refractivity (Wildman–Crippen MR) is 61.2 cm³/mol. The minimum atomic E-state index is -3.76. The van der Waals surface area contributed by atoms with Crippen molar-refractivity contribution in [3.63, 3.8) is 0 Å². The summed E-state index contributed by atoms with van der Waals surface area (Å²) in [6.07, 6.45) is 2.09. The fourth-order valence-corrected chi connectivity index (χ4v) is 2.17. The maximum absolute atomic E-state index is 11.2. The predicted octanol–water partition coefficient (Wildman–Crippen LogP) is 1.58. The molecule has 0 radical (unpaired) electrons. The number of rotatable bonds is 5. The third-order valence-electron chi connectivity index (χ3n) is 2.24. The molecule has 0 saturated carbocycles. The van der Waals surface area contributed by atoms with Crippen LogP contribution in [-0.2, 0) is 20.2 Å². The van der Waals surface area contributed by atoms with Crippen LogP contribution in [0.2, 0.25) is 0 Å². The van der Waals surface area contributed by atoms with Crippen LogP contribution in [0.5, 0.6) is 0 Å². The second-order valence-electron chi connectivity index (χ2n) is 3.50. The number of ether oxygens (including phenoxy) is 1. The van der Waals surface area contributed by atoms with Gasteiger partial charge in [-0.1, -0.05) is 6.92 Å². The molecular weight excluding hydrogens is 252 g/mol. The number of aromatic nitrogens is 2. The van der Waals surface area contributed by atoms with Crippen molar-refractivity contribution in [3.05, 3.63) is 12.0 Å². The van der Waals surface area contributed by atoms with Crippen molar-refractivity contribution >= 4 is 19.7 Å². The zero-order valence-corrected chi connectivity index (χ0v) is 11.0. The van der Waals surface area contributed by atoms with E-state index >= 15 is 0 Å². The van der Waals surface area contributed by atoms with Crippen LogP contribution in [0, 0.1) is 0 Å². The lowest BCUT2D eigenvalue weighted by molar-refractivity contribution is 0.161. The Morgan fingerprint density at radius 2 is 2.25 bits per heavy atom. The smallest absolute Gasteiger partial charge is 0.280 e. The molecule has 0 saturated heterocycles. The summed E-state index contributed by atoms with van der Waals surface area (Å²) in [4.78, 5) is 3.99. The second kappa shape index (κ2) is 5.16. The summed E-state index contributed by atoms with van der Waals surface area (Å²) in [7, 11) is 3.08. The molecule has 0 aliphatic carbocycles. The summed E-state index contributed by atoms with van der Waals surface area (Å²) in [6, 6.07) is 0.0274. The van der Waals surface area contributed by atoms with Crippen molar-refractivity contribution in [1.29, 1.82) is 0 Å². The molecule has 0 amide bonds. The van der Waals surface area contributed by atoms with E-state index < -0.39 is 9.05 Å². The van der Waals surface area contributed by atoms with Gasteiger partial charge < -0.3 is 9.30 Å². The third kappa shape index (κ3) is 2.96. The molecule has 16 heavy (non-hydrogen) atoms. The Labute approximate surface area is 99.8 Å². The first kappa shape index (κ1) is 13.5. The molecule has 0 aliphatic heterocycles. The van der Waals surface area contributed by atoms with Gasteiger partial charge in [-0.05, 0) is 6.92 Å². The zero-order valence-electron chi connectivity index (χ0n) is 9.47. The first-order chi connectivity index (χ1) is 7.40. The van der Waals surface area contributed by atoms with E-state index in [9.17, 15) is 8.42 Å². The summed E-state index contributed by atoms with van der Waals surface area (Å²) < 4.78 is 29.1. The van der Waals surface area contributed by atoms with Crippen LogP contribution >= 0.6 is 10.7 Å². The lowest BCUT2D eigenvalue weighted by Gasteiger charge is -2.14. The minimum absolute atomic E-state index is 0.0274. The molecule has 7 heteroatoms. The molecule has 0 spiro atoms. The zero-order chi connectivity index (χ0) is 12.3. The number of hydrogen-bond acceptors (Lipinski definition) is 4. The van der Waals surface area contributed by atoms with Gasteiger partial charge in [-0.25, -0.2) is 13.4 Å². The van der Waals surface area contributed by atoms with E-state index in [4.69, 9.17) is 15.4 Å². The Bertz CT molecular complexity index is 455. The topological polar surface area (TPSA) is 61.2 Å². The Kier molecular flexibility index (Phi) is 4.35. The van der Waals surface area contributed by atoms with E-state index in [-0.39, 0.29) is 11.1 Å². The van der Waals surface area contributed by atoms with Gasteiger partial charge in [0.25, 0.3) is 9.05 Å². The average Bonchev–Trinajstić information content (AvgIpc) is 2.61. The molecule has 5 nitrogen and oxygen atoms in total. The molecule has 1 heterocycles. The van der Waals surface area contributed by atoms with Gasteiger partial charge in [0.2, 0.25) is 0 Å². The van der Waals surface area contributed by atoms with Crippen LogP contribution < -0.4 is 0 Å². The van der Waals surface area contributed by atoms with E-state index in [1.54, 1.807) is 11.7 Å². The number of aryl methyl sites for hydroxylation is 1. The van der Waals surface area contributed by atoms with Gasteiger partial charge in [0.15, 0.2) is 5.03 Å². The quantitative estimate of drug-likeness (QED) is 0.759. The van der Waals surface area contributed by atoms with Gasteiger partial charge in [-0.15, -0.1) is 0 Å². The van der Waals surface area contributed by atoms with Gasteiger partial charge in [-0.3, -0.25) is 0 Å². The largest absolute Gasteiger partial charge is 0.383 e. The van der Waals surface area contributed by atoms with Crippen molar-refractivity contribution in [2.75, 3.05) is 13.7 Å². The Morgan fingerprint density at radius 3 is 2.69 bits per heavy atom. The fraction of sp³-hybridized carbons (Fsp3) is 0.667. The Balaban J connectivity index is 3.14. The Morgan fingerprint density at radius 1 is 1.62 bits per heavy atom. The maximum Gasteiger partial charge on any atom is 0.280 e. The lowest BCUT2D eigenvalue weighted by Crippen LogP contribution is -2.12. The van der Waals surface area contributed by atoms with Gasteiger partial charge in [-0.2, -0.15) is 0 Å². The first-order valence-electron chi connectivity index (χ1n) is 4.91. The van der Waals surface area contributed by atoms with Gasteiger partial charge in [0, 0.05) is 30.4 Å². The van der Waals surface area contributed by atoms with Crippen LogP contribution in [0.3, 0.4) is 0 Å². The number of hydrogen-bond donors (Lipinski definition) is 0. The van der Waals surface area contributed by atoms with E-state index in [2.05, 4.69) is 4.98 Å². The lowest BCUT2D eigenvalue weighted by atomic mass is 10.3. The van der Waals surface area contributed by atoms with Crippen molar-refractivity contribution in [3.8, 4) is 0 Å². The molecule has 1 atom stereocenters. The van der Waals surface area contributed by atoms with Crippen molar-refractivity contribution in [2.24, 2.45) is 0 Å². The molecule has 92 valence electrons. The molecule has 0 fully saturated rings. The Hall–Kier alpha value is -0.590. The average molecular weight is 267 g/mol. The van der Waals surface area contributed by atoms with Crippen LogP contribution in [0.4, 0.5) is 0 Å². The van der Waals surface area contributed by atoms with Crippen LogP contribution in [-0.4, -0.2) is 31.7 Å². The van der Waals surface area contributed by atoms with E-state index in [1.807, 2.05) is 13.8 Å². The third-order valence-corrected chi connectivity index (χ3v) is 3.41. The van der Waals surface area contributed by atoms with E-state index in [0.29, 0.717) is 18.9 Å². The van der Waals surface area contributed by atoms with Gasteiger partial charge >= 0.3 is 0 Å². The normalized spacial score (nSPS) is 14.0. The fourth-order valence-electron chi connectivity index (χ4n) is 1.49. The summed E-state index contributed by atoms with van der Waals surface area (Å²) >= 11 is 0. The summed E-state index contributed by atoms with van der Waals surface area (Å²) in [5.41, 5.74) is 0. The van der Waals surface area contributed by atoms with Crippen molar-refractivity contribution in [1.82, 2.24) is 9.55 Å². The number of methoxy groups -OCH3 is 1. The summed E-state index contributed by atoms with van der Waals surface area (Å²) in [6.45, 7) is 4.32. The number of nitrogens with zero attached hydrogens (tertiary/aromatic N) is 2.